The van der Waals surface area contributed by atoms with Crippen molar-refractivity contribution >= 4 is 43.7 Å². The summed E-state index contributed by atoms with van der Waals surface area (Å²) >= 11 is 3.31. The van der Waals surface area contributed by atoms with Gasteiger partial charge in [0, 0.05) is 10.5 Å². The van der Waals surface area contributed by atoms with Crippen LogP contribution in [0.25, 0.3) is 6.08 Å². The maximum Gasteiger partial charge on any atom is 0.262 e. The van der Waals surface area contributed by atoms with Gasteiger partial charge < -0.3 is 0 Å². The minimum atomic E-state index is -3.12. The number of halogens is 1. The highest BCUT2D eigenvalue weighted by Gasteiger charge is 2.32. The number of carbonyl (C=O) groups is 2. The number of amides is 2. The molecule has 2 amide bonds. The van der Waals surface area contributed by atoms with Crippen molar-refractivity contribution in [2.24, 2.45) is 5.92 Å². The lowest BCUT2D eigenvalue weighted by Crippen LogP contribution is -2.44. The number of nitrogens with one attached hydrogen (secondary N) is 2. The molecule has 0 bridgehead atoms. The maximum atomic E-state index is 11.7. The van der Waals surface area contributed by atoms with Crippen LogP contribution < -0.4 is 10.9 Å². The average Bonchev–Trinajstić information content (AvgIpc) is 2.84. The Morgan fingerprint density at radius 3 is 2.45 bits per heavy atom. The molecule has 0 radical (unpaired) electrons. The summed E-state index contributed by atoms with van der Waals surface area (Å²) in [6.07, 6.45) is 3.18. The predicted octanol–water partition coefficient (Wildman–Crippen LogP) is 1.04. The quantitative estimate of drug-likeness (QED) is 0.599. The van der Waals surface area contributed by atoms with Gasteiger partial charge in [-0.3, -0.25) is 20.4 Å². The Morgan fingerprint density at radius 1 is 1.18 bits per heavy atom. The lowest BCUT2D eigenvalue weighted by Gasteiger charge is -2.09. The molecule has 2 rings (SSSR count). The molecule has 0 spiro atoms. The molecule has 118 valence electrons. The largest absolute Gasteiger partial charge is 0.273 e. The Bertz CT molecular complexity index is 698. The fourth-order valence-corrected chi connectivity index (χ4v) is 4.02. The molecule has 1 saturated heterocycles. The van der Waals surface area contributed by atoms with Gasteiger partial charge in [-0.2, -0.15) is 0 Å². The van der Waals surface area contributed by atoms with E-state index in [4.69, 9.17) is 0 Å². The Labute approximate surface area is 137 Å². The molecule has 1 aliphatic rings. The number of hydrogen-bond acceptors (Lipinski definition) is 4. The number of rotatable bonds is 3. The second-order valence-corrected chi connectivity index (χ2v) is 8.11. The van der Waals surface area contributed by atoms with E-state index in [-0.39, 0.29) is 11.5 Å². The van der Waals surface area contributed by atoms with E-state index in [1.807, 2.05) is 24.3 Å². The van der Waals surface area contributed by atoms with Crippen LogP contribution in [0, 0.1) is 5.92 Å². The first kappa shape index (κ1) is 16.7. The minimum Gasteiger partial charge on any atom is -0.273 e. The zero-order valence-corrected chi connectivity index (χ0v) is 14.0. The summed E-state index contributed by atoms with van der Waals surface area (Å²) in [6.45, 7) is 0. The third-order valence-electron chi connectivity index (χ3n) is 3.21. The van der Waals surface area contributed by atoms with Crippen LogP contribution in [0.5, 0.6) is 0 Å². The van der Waals surface area contributed by atoms with Crippen LogP contribution in [-0.4, -0.2) is 31.7 Å². The van der Waals surface area contributed by atoms with E-state index in [1.54, 1.807) is 6.08 Å². The molecule has 1 fully saturated rings. The number of hydrogen-bond donors (Lipinski definition) is 2. The second kappa shape index (κ2) is 7.06. The van der Waals surface area contributed by atoms with Crippen molar-refractivity contribution in [3.8, 4) is 0 Å². The lowest BCUT2D eigenvalue weighted by molar-refractivity contribution is -0.129. The summed E-state index contributed by atoms with van der Waals surface area (Å²) in [4.78, 5) is 23.3. The Hall–Kier alpha value is -1.67. The molecule has 6 nitrogen and oxygen atoms in total. The van der Waals surface area contributed by atoms with Crippen LogP contribution in [0.4, 0.5) is 0 Å². The van der Waals surface area contributed by atoms with Crippen molar-refractivity contribution in [3.63, 3.8) is 0 Å². The molecule has 2 N–H and O–H groups in total. The predicted molar refractivity (Wildman–Crippen MR) is 86.2 cm³/mol. The SMILES string of the molecule is O=C(/C=C/c1ccc(Br)cc1)NNC(=O)[C@H]1CCS(=O)(=O)C1. The number of benzene rings is 1. The molecule has 1 aliphatic heterocycles. The second-order valence-electron chi connectivity index (χ2n) is 4.96. The van der Waals surface area contributed by atoms with E-state index in [2.05, 4.69) is 26.8 Å². The Kier molecular flexibility index (Phi) is 5.36. The first-order chi connectivity index (χ1) is 10.4. The number of hydrazine groups is 1. The van der Waals surface area contributed by atoms with Crippen LogP contribution in [0.3, 0.4) is 0 Å². The molecule has 8 heteroatoms. The van der Waals surface area contributed by atoms with Gasteiger partial charge in [-0.25, -0.2) is 8.42 Å². The van der Waals surface area contributed by atoms with Gasteiger partial charge in [0.1, 0.15) is 0 Å². The Balaban J connectivity index is 1.80. The third-order valence-corrected chi connectivity index (χ3v) is 5.51. The first-order valence-corrected chi connectivity index (χ1v) is 9.21. The van der Waals surface area contributed by atoms with Crippen molar-refractivity contribution in [2.75, 3.05) is 11.5 Å². The monoisotopic (exact) mass is 386 g/mol. The fourth-order valence-electron chi connectivity index (χ4n) is 2.01. The number of sulfone groups is 1. The van der Waals surface area contributed by atoms with Gasteiger partial charge in [-0.15, -0.1) is 0 Å². The third kappa shape index (κ3) is 4.96. The summed E-state index contributed by atoms with van der Waals surface area (Å²) in [5.74, 6) is -1.71. The lowest BCUT2D eigenvalue weighted by atomic mass is 10.1. The smallest absolute Gasteiger partial charge is 0.262 e. The molecular formula is C14H15BrN2O4S. The molecule has 22 heavy (non-hydrogen) atoms. The molecule has 1 heterocycles. The zero-order valence-electron chi connectivity index (χ0n) is 11.6. The van der Waals surface area contributed by atoms with Crippen molar-refractivity contribution in [2.45, 2.75) is 6.42 Å². The standard InChI is InChI=1S/C14H15BrN2O4S/c15-12-4-1-10(2-5-12)3-6-13(18)16-17-14(19)11-7-8-22(20,21)9-11/h1-6,11H,7-9H2,(H,16,18)(H,17,19)/b6-3+/t11-/m0/s1. The van der Waals surface area contributed by atoms with Gasteiger partial charge in [-0.05, 0) is 30.2 Å². The highest BCUT2D eigenvalue weighted by atomic mass is 79.9. The van der Waals surface area contributed by atoms with Gasteiger partial charge >= 0.3 is 0 Å². The average molecular weight is 387 g/mol. The summed E-state index contributed by atoms with van der Waals surface area (Å²) in [6, 6.07) is 7.35. The van der Waals surface area contributed by atoms with E-state index < -0.39 is 27.6 Å². The van der Waals surface area contributed by atoms with Gasteiger partial charge in [0.2, 0.25) is 5.91 Å². The molecule has 0 aliphatic carbocycles. The van der Waals surface area contributed by atoms with Crippen LogP contribution in [0.15, 0.2) is 34.8 Å². The van der Waals surface area contributed by atoms with E-state index >= 15 is 0 Å². The van der Waals surface area contributed by atoms with Gasteiger partial charge in [0.05, 0.1) is 17.4 Å². The van der Waals surface area contributed by atoms with Crippen molar-refractivity contribution in [1.82, 2.24) is 10.9 Å². The van der Waals surface area contributed by atoms with Crippen molar-refractivity contribution < 1.29 is 18.0 Å². The zero-order chi connectivity index (χ0) is 16.2. The minimum absolute atomic E-state index is 0.0164. The van der Waals surface area contributed by atoms with E-state index in [0.717, 1.165) is 10.0 Å². The van der Waals surface area contributed by atoms with Gasteiger partial charge in [-0.1, -0.05) is 28.1 Å². The molecule has 0 aromatic heterocycles. The van der Waals surface area contributed by atoms with Crippen LogP contribution in [0.1, 0.15) is 12.0 Å². The van der Waals surface area contributed by atoms with E-state index in [1.165, 1.54) is 6.08 Å². The van der Waals surface area contributed by atoms with Gasteiger partial charge in [0.25, 0.3) is 5.91 Å². The molecular weight excluding hydrogens is 372 g/mol. The van der Waals surface area contributed by atoms with Crippen LogP contribution >= 0.6 is 15.9 Å². The molecule has 0 saturated carbocycles. The first-order valence-electron chi connectivity index (χ1n) is 6.60. The molecule has 0 unspecified atom stereocenters. The number of carbonyl (C=O) groups excluding carboxylic acids is 2. The molecule has 1 aromatic carbocycles. The Morgan fingerprint density at radius 2 is 1.86 bits per heavy atom. The maximum absolute atomic E-state index is 11.7. The van der Waals surface area contributed by atoms with Crippen molar-refractivity contribution in [1.29, 1.82) is 0 Å². The van der Waals surface area contributed by atoms with Gasteiger partial charge in [0.15, 0.2) is 9.84 Å². The highest BCUT2D eigenvalue weighted by molar-refractivity contribution is 9.10. The fraction of sp³-hybridized carbons (Fsp3) is 0.286. The topological polar surface area (TPSA) is 92.3 Å². The summed E-state index contributed by atoms with van der Waals surface area (Å²) < 4.78 is 23.5. The summed E-state index contributed by atoms with van der Waals surface area (Å²) in [5.41, 5.74) is 5.32. The molecule has 1 aromatic rings. The van der Waals surface area contributed by atoms with E-state index in [0.29, 0.717) is 6.42 Å². The van der Waals surface area contributed by atoms with E-state index in [9.17, 15) is 18.0 Å². The molecule has 1 atom stereocenters. The normalized spacial score (nSPS) is 20.0. The summed E-state index contributed by atoms with van der Waals surface area (Å²) in [5, 5.41) is 0. The van der Waals surface area contributed by atoms with Crippen LogP contribution in [-0.2, 0) is 19.4 Å². The van der Waals surface area contributed by atoms with Crippen LogP contribution in [0.2, 0.25) is 0 Å². The van der Waals surface area contributed by atoms with Crippen molar-refractivity contribution in [3.05, 3.63) is 40.4 Å². The summed E-state index contributed by atoms with van der Waals surface area (Å²) in [7, 11) is -3.12. The highest BCUT2D eigenvalue weighted by Crippen LogP contribution is 2.18.